The molecule has 73 heavy (non-hydrogen) atoms. The van der Waals surface area contributed by atoms with Crippen molar-refractivity contribution in [1.29, 1.82) is 0 Å². The molecule has 3 aromatic carbocycles. The zero-order chi connectivity index (χ0) is 52.7. The maximum atomic E-state index is 13.2. The molecule has 0 bridgehead atoms. The van der Waals surface area contributed by atoms with Gasteiger partial charge in [-0.05, 0) is 99.2 Å². The highest BCUT2D eigenvalue weighted by molar-refractivity contribution is 5.90. The lowest BCUT2D eigenvalue weighted by Gasteiger charge is -2.19. The van der Waals surface area contributed by atoms with Crippen LogP contribution in [0.4, 0.5) is 0 Å². The molecule has 1 atom stereocenters. The van der Waals surface area contributed by atoms with Gasteiger partial charge in [-0.2, -0.15) is 0 Å². The molecule has 3 aromatic rings. The second-order valence-corrected chi connectivity index (χ2v) is 18.5. The maximum Gasteiger partial charge on any atom is 0.336 e. The molecule has 0 aliphatic heterocycles. The molecular weight excluding hydrogens is 925 g/mol. The highest BCUT2D eigenvalue weighted by atomic mass is 16.6. The number of hydrogen-bond donors (Lipinski definition) is 0. The Balaban J connectivity index is 1.78. The summed E-state index contributed by atoms with van der Waals surface area (Å²) in [6.07, 6.45) is 27.7. The van der Waals surface area contributed by atoms with E-state index >= 15 is 0 Å². The first-order valence-corrected chi connectivity index (χ1v) is 27.9. The number of carbonyl (C=O) groups is 3. The van der Waals surface area contributed by atoms with E-state index in [4.69, 9.17) is 42.6 Å². The van der Waals surface area contributed by atoms with E-state index in [1.165, 1.54) is 12.2 Å². The second-order valence-electron chi connectivity index (χ2n) is 18.5. The summed E-state index contributed by atoms with van der Waals surface area (Å²) in [5.41, 5.74) is 1.29. The predicted octanol–water partition coefficient (Wildman–Crippen LogP) is 15.7. The molecule has 0 saturated heterocycles. The molecule has 0 fully saturated rings. The van der Waals surface area contributed by atoms with Gasteiger partial charge in [-0.25, -0.2) is 9.59 Å². The van der Waals surface area contributed by atoms with E-state index in [2.05, 4.69) is 34.6 Å². The van der Waals surface area contributed by atoms with Gasteiger partial charge in [0, 0.05) is 23.3 Å². The van der Waals surface area contributed by atoms with Crippen LogP contribution >= 0.6 is 0 Å². The topological polar surface area (TPSA) is 134 Å². The van der Waals surface area contributed by atoms with Crippen LogP contribution in [0, 0.1) is 5.92 Å². The smallest absolute Gasteiger partial charge is 0.336 e. The third kappa shape index (κ3) is 25.2. The van der Waals surface area contributed by atoms with Crippen LogP contribution in [0.3, 0.4) is 0 Å². The molecule has 0 radical (unpaired) electrons. The molecule has 0 aliphatic carbocycles. The molecule has 406 valence electrons. The van der Waals surface area contributed by atoms with Crippen molar-refractivity contribution in [2.75, 3.05) is 46.2 Å². The van der Waals surface area contributed by atoms with Crippen LogP contribution in [0.5, 0.6) is 46.0 Å². The van der Waals surface area contributed by atoms with Crippen molar-refractivity contribution < 1.29 is 57.0 Å². The summed E-state index contributed by atoms with van der Waals surface area (Å²) in [6.45, 7) is 17.4. The number of ether oxygens (including phenoxy) is 9. The maximum absolute atomic E-state index is 13.2. The van der Waals surface area contributed by atoms with E-state index < -0.39 is 11.9 Å². The Hall–Kier alpha value is -5.65. The van der Waals surface area contributed by atoms with Gasteiger partial charge in [-0.3, -0.25) is 4.79 Å². The minimum Gasteiger partial charge on any atom is -0.490 e. The van der Waals surface area contributed by atoms with Gasteiger partial charge in [0.15, 0.2) is 23.0 Å². The summed E-state index contributed by atoms with van der Waals surface area (Å²) in [5.74, 6) is 2.00. The Morgan fingerprint density at radius 1 is 0.397 bits per heavy atom. The molecule has 3 rings (SSSR count). The lowest BCUT2D eigenvalue weighted by molar-refractivity contribution is -0.148. The van der Waals surface area contributed by atoms with Crippen molar-refractivity contribution >= 4 is 30.1 Å². The standard InChI is InChI=1S/C61H90O12/c1-8-14-19-24-41-65-53-37-29-49(57(67-42-25-20-15-9-2)59(53)69-44-27-22-17-11-4)31-39-55(62)72-51-33-35-52(36-34-51)73-56(63)40-32-50-30-38-54(66-46-47-71-61(64)48(7)13-6)60(70-45-28-23-18-12-5)58(50)68-43-26-21-16-10-3/h29-40,48H,8-28,41-47H2,1-7H3/b39-31+,40-32+. The SMILES string of the molecule is CCCCCCOc1ccc(/C=C/C(=O)Oc2ccc(OC(=O)/C=C/c3ccc(OCCOC(=O)C(C)CC)c(OCCCCCC)c3OCCCCCC)cc2)c(OCCCCCC)c1OCCCCCC. The number of esters is 3. The Labute approximate surface area is 438 Å². The number of rotatable bonds is 42. The van der Waals surface area contributed by atoms with E-state index in [0.717, 1.165) is 128 Å². The number of benzene rings is 3. The van der Waals surface area contributed by atoms with Crippen LogP contribution in [0.2, 0.25) is 0 Å². The van der Waals surface area contributed by atoms with E-state index in [0.29, 0.717) is 85.1 Å². The van der Waals surface area contributed by atoms with E-state index in [1.54, 1.807) is 48.6 Å². The average Bonchev–Trinajstić information content (AvgIpc) is 3.39. The van der Waals surface area contributed by atoms with E-state index in [9.17, 15) is 14.4 Å². The summed E-state index contributed by atoms with van der Waals surface area (Å²) >= 11 is 0. The highest BCUT2D eigenvalue weighted by Crippen LogP contribution is 2.43. The van der Waals surface area contributed by atoms with Gasteiger partial charge in [0.2, 0.25) is 11.5 Å². The summed E-state index contributed by atoms with van der Waals surface area (Å²) in [7, 11) is 0. The molecule has 0 heterocycles. The van der Waals surface area contributed by atoms with Gasteiger partial charge < -0.3 is 42.6 Å². The van der Waals surface area contributed by atoms with Gasteiger partial charge in [0.1, 0.15) is 24.7 Å². The lowest BCUT2D eigenvalue weighted by atomic mass is 10.1. The summed E-state index contributed by atoms with van der Waals surface area (Å²) in [5, 5.41) is 0. The molecule has 0 aromatic heterocycles. The zero-order valence-corrected chi connectivity index (χ0v) is 45.7. The van der Waals surface area contributed by atoms with Crippen molar-refractivity contribution in [3.8, 4) is 46.0 Å². The molecule has 12 heteroatoms. The molecule has 0 saturated carbocycles. The summed E-state index contributed by atoms with van der Waals surface area (Å²) in [6, 6.07) is 13.6. The van der Waals surface area contributed by atoms with Crippen LogP contribution in [0.25, 0.3) is 12.2 Å². The molecule has 1 unspecified atom stereocenters. The van der Waals surface area contributed by atoms with Crippen LogP contribution in [0.1, 0.15) is 194 Å². The van der Waals surface area contributed by atoms with Crippen LogP contribution in [-0.4, -0.2) is 64.2 Å². The minimum absolute atomic E-state index is 0.0946. The lowest BCUT2D eigenvalue weighted by Crippen LogP contribution is -2.18. The van der Waals surface area contributed by atoms with Gasteiger partial charge in [0.05, 0.1) is 39.0 Å². The molecule has 0 N–H and O–H groups in total. The Kier molecular flexibility index (Phi) is 32.8. The molecular formula is C61H90O12. The molecule has 0 amide bonds. The third-order valence-corrected chi connectivity index (χ3v) is 12.1. The first kappa shape index (κ1) is 61.6. The fourth-order valence-electron chi connectivity index (χ4n) is 7.50. The van der Waals surface area contributed by atoms with Gasteiger partial charge in [-0.1, -0.05) is 145 Å². The first-order valence-electron chi connectivity index (χ1n) is 27.9. The van der Waals surface area contributed by atoms with Crippen molar-refractivity contribution in [3.63, 3.8) is 0 Å². The normalized spacial score (nSPS) is 11.7. The van der Waals surface area contributed by atoms with Gasteiger partial charge >= 0.3 is 17.9 Å². The Morgan fingerprint density at radius 2 is 0.740 bits per heavy atom. The molecule has 0 aliphatic rings. The highest BCUT2D eigenvalue weighted by Gasteiger charge is 2.20. The average molecular weight is 1020 g/mol. The van der Waals surface area contributed by atoms with Crippen molar-refractivity contribution in [2.45, 2.75) is 183 Å². The summed E-state index contributed by atoms with van der Waals surface area (Å²) in [4.78, 5) is 38.7. The van der Waals surface area contributed by atoms with Crippen LogP contribution in [0.15, 0.2) is 60.7 Å². The van der Waals surface area contributed by atoms with Crippen molar-refractivity contribution in [1.82, 2.24) is 0 Å². The summed E-state index contributed by atoms with van der Waals surface area (Å²) < 4.78 is 54.7. The number of hydrogen-bond acceptors (Lipinski definition) is 12. The van der Waals surface area contributed by atoms with Gasteiger partial charge in [-0.15, -0.1) is 0 Å². The zero-order valence-electron chi connectivity index (χ0n) is 45.7. The van der Waals surface area contributed by atoms with Gasteiger partial charge in [0.25, 0.3) is 0 Å². The van der Waals surface area contributed by atoms with Crippen molar-refractivity contribution in [3.05, 3.63) is 71.8 Å². The number of carbonyl (C=O) groups excluding carboxylic acids is 3. The van der Waals surface area contributed by atoms with E-state index in [-0.39, 0.29) is 36.6 Å². The van der Waals surface area contributed by atoms with E-state index in [1.807, 2.05) is 26.0 Å². The Bertz CT molecular complexity index is 2040. The third-order valence-electron chi connectivity index (χ3n) is 12.1. The van der Waals surface area contributed by atoms with Crippen LogP contribution < -0.4 is 37.9 Å². The fourth-order valence-corrected chi connectivity index (χ4v) is 7.50. The van der Waals surface area contributed by atoms with Crippen molar-refractivity contribution in [2.24, 2.45) is 5.92 Å². The fraction of sp³-hybridized carbons (Fsp3) is 0.590. The Morgan fingerprint density at radius 3 is 1.10 bits per heavy atom. The first-order chi connectivity index (χ1) is 35.7. The minimum atomic E-state index is -0.618. The number of unbranched alkanes of at least 4 members (excludes halogenated alkanes) is 15. The second kappa shape index (κ2) is 38.9. The van der Waals surface area contributed by atoms with Crippen LogP contribution in [-0.2, 0) is 19.1 Å². The largest absolute Gasteiger partial charge is 0.490 e. The predicted molar refractivity (Wildman–Crippen MR) is 293 cm³/mol. The molecule has 0 spiro atoms. The quantitative estimate of drug-likeness (QED) is 0.0231. The monoisotopic (exact) mass is 1010 g/mol. The molecule has 12 nitrogen and oxygen atoms in total.